The van der Waals surface area contributed by atoms with Crippen molar-refractivity contribution in [1.82, 2.24) is 21.3 Å². The number of hydrogen-bond acceptors (Lipinski definition) is 14. The average molecular weight is 649 g/mol. The van der Waals surface area contributed by atoms with E-state index in [-0.39, 0.29) is 37.2 Å². The van der Waals surface area contributed by atoms with E-state index in [0.29, 0.717) is 0 Å². The SMILES string of the molecule is N[C@@H](CCC(=O)N[C@@H](CS)C(=O)NCC(=O)O)C(=O)O.N[C@@H](CCC(=O)N[C@@H](CS)C(=O)NCC(=O)O)C(=O)O.OO. The van der Waals surface area contributed by atoms with Crippen LogP contribution in [0.2, 0.25) is 0 Å². The van der Waals surface area contributed by atoms with Gasteiger partial charge in [-0.05, 0) is 12.8 Å². The number of aliphatic carboxylic acids is 4. The summed E-state index contributed by atoms with van der Waals surface area (Å²) in [6, 6.07) is -4.30. The maximum absolute atomic E-state index is 11.5. The molecule has 0 aromatic carbocycles. The minimum absolute atomic E-state index is 0.0256. The lowest BCUT2D eigenvalue weighted by atomic mass is 10.1. The van der Waals surface area contributed by atoms with Gasteiger partial charge in [0.25, 0.3) is 0 Å². The predicted molar refractivity (Wildman–Crippen MR) is 148 cm³/mol. The second-order valence-electron chi connectivity index (χ2n) is 7.80. The summed E-state index contributed by atoms with van der Waals surface area (Å²) >= 11 is 7.75. The van der Waals surface area contributed by atoms with E-state index in [1.165, 1.54) is 0 Å². The number of rotatable bonds is 18. The third kappa shape index (κ3) is 23.0. The standard InChI is InChI=1S/2C10H17N3O6S.H2O2/c2*11-5(10(18)19)1-2-7(14)13-6(4-20)9(17)12-3-8(15)16;1-2/h2*5-6,20H,1-4,11H2,(H,12,17)(H,13,14)(H,15,16)(H,18,19);1-2H/t2*5-,6-;/m00./s1. The van der Waals surface area contributed by atoms with Gasteiger partial charge in [0.05, 0.1) is 0 Å². The number of thiol groups is 2. The maximum atomic E-state index is 11.5. The van der Waals surface area contributed by atoms with Gasteiger partial charge in [-0.1, -0.05) is 0 Å². The number of carboxylic acids is 4. The molecule has 0 saturated carbocycles. The molecule has 0 heterocycles. The number of carbonyl (C=O) groups is 8. The summed E-state index contributed by atoms with van der Waals surface area (Å²) in [6.45, 7) is -1.13. The second-order valence-corrected chi connectivity index (χ2v) is 8.53. The molecule has 42 heavy (non-hydrogen) atoms. The van der Waals surface area contributed by atoms with Crippen LogP contribution in [0.5, 0.6) is 0 Å². The molecule has 4 atom stereocenters. The van der Waals surface area contributed by atoms with Crippen LogP contribution in [0.3, 0.4) is 0 Å². The van der Waals surface area contributed by atoms with Crippen LogP contribution in [-0.2, 0) is 38.4 Å². The van der Waals surface area contributed by atoms with Gasteiger partial charge in [-0.15, -0.1) is 0 Å². The van der Waals surface area contributed by atoms with Crippen LogP contribution in [0.4, 0.5) is 0 Å². The largest absolute Gasteiger partial charge is 0.480 e. The van der Waals surface area contributed by atoms with Crippen LogP contribution in [0.25, 0.3) is 0 Å². The normalized spacial score (nSPS) is 12.6. The highest BCUT2D eigenvalue weighted by Gasteiger charge is 2.22. The van der Waals surface area contributed by atoms with Crippen molar-refractivity contribution in [3.05, 3.63) is 0 Å². The molecule has 14 N–H and O–H groups in total. The van der Waals surface area contributed by atoms with Crippen LogP contribution < -0.4 is 32.7 Å². The lowest BCUT2D eigenvalue weighted by Crippen LogP contribution is -2.49. The number of nitrogens with one attached hydrogen (secondary N) is 4. The quantitative estimate of drug-likeness (QED) is 0.0379. The molecule has 0 rings (SSSR count). The Kier molecular flexibility index (Phi) is 25.5. The molecule has 4 amide bonds. The Labute approximate surface area is 249 Å². The fraction of sp³-hybridized carbons (Fsp3) is 0.600. The first-order valence-corrected chi connectivity index (χ1v) is 12.8. The van der Waals surface area contributed by atoms with E-state index in [1.807, 2.05) is 0 Å². The van der Waals surface area contributed by atoms with Crippen LogP contribution in [0.1, 0.15) is 25.7 Å². The van der Waals surface area contributed by atoms with E-state index in [9.17, 15) is 38.4 Å². The summed E-state index contributed by atoms with van der Waals surface area (Å²) in [4.78, 5) is 87.5. The molecule has 0 aliphatic carbocycles. The molecule has 0 spiro atoms. The predicted octanol–water partition coefficient (Wildman–Crippen LogP) is -4.39. The van der Waals surface area contributed by atoms with Gasteiger partial charge in [0.15, 0.2) is 0 Å². The first kappa shape index (κ1) is 42.8. The van der Waals surface area contributed by atoms with E-state index in [0.717, 1.165) is 0 Å². The fourth-order valence-electron chi connectivity index (χ4n) is 2.31. The Balaban J connectivity index is -0.000000683. The highest BCUT2D eigenvalue weighted by molar-refractivity contribution is 7.80. The molecule has 0 aromatic heterocycles. The summed E-state index contributed by atoms with van der Waals surface area (Å²) in [7, 11) is 0. The van der Waals surface area contributed by atoms with E-state index >= 15 is 0 Å². The van der Waals surface area contributed by atoms with Gasteiger partial charge >= 0.3 is 23.9 Å². The van der Waals surface area contributed by atoms with Gasteiger partial charge in [-0.25, -0.2) is 0 Å². The second kappa shape index (κ2) is 25.0. The summed E-state index contributed by atoms with van der Waals surface area (Å²) in [5, 5.41) is 54.7. The van der Waals surface area contributed by atoms with Gasteiger partial charge in [-0.2, -0.15) is 25.3 Å². The third-order valence-electron chi connectivity index (χ3n) is 4.50. The molecule has 0 aliphatic heterocycles. The van der Waals surface area contributed by atoms with Crippen LogP contribution in [0, 0.1) is 0 Å². The van der Waals surface area contributed by atoms with Crippen molar-refractivity contribution in [2.45, 2.75) is 49.9 Å². The number of hydrogen-bond donors (Lipinski definition) is 14. The molecule has 0 fully saturated rings. The number of carbonyl (C=O) groups excluding carboxylic acids is 4. The van der Waals surface area contributed by atoms with Crippen molar-refractivity contribution in [3.63, 3.8) is 0 Å². The van der Waals surface area contributed by atoms with Crippen molar-refractivity contribution >= 4 is 72.8 Å². The molecule has 0 radical (unpaired) electrons. The Morgan fingerprint density at radius 1 is 0.595 bits per heavy atom. The van der Waals surface area contributed by atoms with Gasteiger partial charge in [0.1, 0.15) is 37.3 Å². The lowest BCUT2D eigenvalue weighted by molar-refractivity contribution is -0.176. The number of amides is 4. The summed E-state index contributed by atoms with van der Waals surface area (Å²) in [6.07, 6.45) is -0.470. The summed E-state index contributed by atoms with van der Waals surface area (Å²) in [5.41, 5.74) is 10.5. The monoisotopic (exact) mass is 648 g/mol. The van der Waals surface area contributed by atoms with E-state index < -0.39 is 84.8 Å². The molecule has 242 valence electrons. The average Bonchev–Trinajstić information content (AvgIpc) is 2.94. The Hall–Kier alpha value is -3.70. The van der Waals surface area contributed by atoms with Gasteiger partial charge in [-0.3, -0.25) is 48.9 Å². The zero-order valence-corrected chi connectivity index (χ0v) is 23.8. The van der Waals surface area contributed by atoms with Gasteiger partial charge < -0.3 is 53.2 Å². The van der Waals surface area contributed by atoms with Crippen LogP contribution >= 0.6 is 25.3 Å². The van der Waals surface area contributed by atoms with Gasteiger partial charge in [0.2, 0.25) is 23.6 Å². The molecule has 20 nitrogen and oxygen atoms in total. The highest BCUT2D eigenvalue weighted by atomic mass is 32.1. The fourth-order valence-corrected chi connectivity index (χ4v) is 2.83. The molecular formula is C20H36N6O14S2. The van der Waals surface area contributed by atoms with Crippen LogP contribution in [-0.4, -0.2) is 127 Å². The van der Waals surface area contributed by atoms with Crippen molar-refractivity contribution in [2.24, 2.45) is 11.5 Å². The Bertz CT molecular complexity index is 854. The van der Waals surface area contributed by atoms with E-state index in [2.05, 4.69) is 46.5 Å². The smallest absolute Gasteiger partial charge is 0.322 e. The minimum atomic E-state index is -1.22. The molecule has 0 bridgehead atoms. The van der Waals surface area contributed by atoms with E-state index in [4.69, 9.17) is 42.4 Å². The van der Waals surface area contributed by atoms with Crippen molar-refractivity contribution < 1.29 is 69.3 Å². The maximum Gasteiger partial charge on any atom is 0.322 e. The topological polar surface area (TPSA) is 358 Å². The highest BCUT2D eigenvalue weighted by Crippen LogP contribution is 1.98. The van der Waals surface area contributed by atoms with Crippen molar-refractivity contribution in [3.8, 4) is 0 Å². The molecule has 0 aromatic rings. The van der Waals surface area contributed by atoms with Crippen molar-refractivity contribution in [2.75, 3.05) is 24.6 Å². The van der Waals surface area contributed by atoms with Gasteiger partial charge in [0, 0.05) is 24.3 Å². The summed E-state index contributed by atoms with van der Waals surface area (Å²) < 4.78 is 0. The molecular weight excluding hydrogens is 612 g/mol. The summed E-state index contributed by atoms with van der Waals surface area (Å²) in [5.74, 6) is -7.41. The minimum Gasteiger partial charge on any atom is -0.480 e. The molecule has 0 saturated heterocycles. The molecule has 22 heteroatoms. The molecule has 0 aliphatic rings. The first-order valence-electron chi connectivity index (χ1n) is 11.5. The lowest BCUT2D eigenvalue weighted by Gasteiger charge is -2.16. The zero-order chi connectivity index (χ0) is 33.4. The zero-order valence-electron chi connectivity index (χ0n) is 22.0. The number of carboxylic acid groups (broad SMARTS) is 4. The van der Waals surface area contributed by atoms with E-state index in [1.54, 1.807) is 0 Å². The third-order valence-corrected chi connectivity index (χ3v) is 5.23. The van der Waals surface area contributed by atoms with Crippen molar-refractivity contribution in [1.29, 1.82) is 0 Å². The Morgan fingerprint density at radius 3 is 1.10 bits per heavy atom. The number of nitrogens with two attached hydrogens (primary N) is 2. The van der Waals surface area contributed by atoms with Crippen LogP contribution in [0.15, 0.2) is 0 Å². The molecule has 0 unspecified atom stereocenters. The first-order chi connectivity index (χ1) is 19.5. The Morgan fingerprint density at radius 2 is 0.881 bits per heavy atom.